The Bertz CT molecular complexity index is 673. The molecule has 0 bridgehead atoms. The highest BCUT2D eigenvalue weighted by Crippen LogP contribution is 2.24. The Labute approximate surface area is 161 Å². The van der Waals surface area contributed by atoms with Gasteiger partial charge < -0.3 is 20.3 Å². The van der Waals surface area contributed by atoms with Crippen LogP contribution in [0.25, 0.3) is 0 Å². The van der Waals surface area contributed by atoms with Gasteiger partial charge in [-0.3, -0.25) is 4.79 Å². The predicted octanol–water partition coefficient (Wildman–Crippen LogP) is 2.87. The molecule has 1 amide bonds. The van der Waals surface area contributed by atoms with E-state index in [0.29, 0.717) is 19.8 Å². The molecule has 140 valence electrons. The van der Waals surface area contributed by atoms with Gasteiger partial charge in [-0.2, -0.15) is 0 Å². The van der Waals surface area contributed by atoms with E-state index in [2.05, 4.69) is 58.9 Å². The fourth-order valence-electron chi connectivity index (χ4n) is 2.96. The van der Waals surface area contributed by atoms with E-state index in [1.54, 1.807) is 0 Å². The third kappa shape index (κ3) is 5.21. The summed E-state index contributed by atoms with van der Waals surface area (Å²) in [6.07, 6.45) is 0. The number of rotatable bonds is 6. The molecular formula is C20H26ClN3O2. The van der Waals surface area contributed by atoms with Gasteiger partial charge >= 0.3 is 0 Å². The number of halogens is 1. The van der Waals surface area contributed by atoms with E-state index in [1.807, 2.05) is 18.2 Å². The SMILES string of the molecule is CCN(c1ccccc1)c1ccc(CNC(=O)C2COCCN2)cc1.Cl. The number of para-hydroxylation sites is 1. The van der Waals surface area contributed by atoms with Gasteiger partial charge in [-0.1, -0.05) is 30.3 Å². The molecule has 3 rings (SSSR count). The molecule has 0 radical (unpaired) electrons. The molecule has 1 heterocycles. The number of hydrogen-bond acceptors (Lipinski definition) is 4. The van der Waals surface area contributed by atoms with Crippen LogP contribution in [-0.2, 0) is 16.1 Å². The van der Waals surface area contributed by atoms with Crippen LogP contribution >= 0.6 is 12.4 Å². The summed E-state index contributed by atoms with van der Waals surface area (Å²) in [7, 11) is 0. The first-order valence-electron chi connectivity index (χ1n) is 8.78. The van der Waals surface area contributed by atoms with Crippen molar-refractivity contribution in [3.63, 3.8) is 0 Å². The molecule has 5 nitrogen and oxygen atoms in total. The minimum absolute atomic E-state index is 0. The van der Waals surface area contributed by atoms with Gasteiger partial charge in [0.15, 0.2) is 0 Å². The number of hydrogen-bond donors (Lipinski definition) is 2. The van der Waals surface area contributed by atoms with Gasteiger partial charge in [-0.25, -0.2) is 0 Å². The first-order chi connectivity index (χ1) is 12.3. The quantitative estimate of drug-likeness (QED) is 0.815. The molecule has 0 aromatic heterocycles. The molecule has 1 aliphatic heterocycles. The minimum atomic E-state index is -0.248. The summed E-state index contributed by atoms with van der Waals surface area (Å²) >= 11 is 0. The highest BCUT2D eigenvalue weighted by Gasteiger charge is 2.20. The first kappa shape index (κ1) is 20.2. The normalized spacial score (nSPS) is 16.4. The number of benzene rings is 2. The number of ether oxygens (including phenoxy) is 1. The average Bonchev–Trinajstić information content (AvgIpc) is 2.69. The molecule has 1 aliphatic rings. The van der Waals surface area contributed by atoms with Crippen LogP contribution in [-0.4, -0.2) is 38.3 Å². The molecule has 0 spiro atoms. The fourth-order valence-corrected chi connectivity index (χ4v) is 2.96. The van der Waals surface area contributed by atoms with E-state index in [4.69, 9.17) is 4.74 Å². The van der Waals surface area contributed by atoms with Crippen LogP contribution in [0.4, 0.5) is 11.4 Å². The monoisotopic (exact) mass is 375 g/mol. The number of carbonyl (C=O) groups excluding carboxylic acids is 1. The molecule has 1 atom stereocenters. The van der Waals surface area contributed by atoms with E-state index in [1.165, 1.54) is 5.69 Å². The van der Waals surface area contributed by atoms with Crippen LogP contribution in [0, 0.1) is 0 Å². The van der Waals surface area contributed by atoms with Gasteiger partial charge in [0.2, 0.25) is 5.91 Å². The van der Waals surface area contributed by atoms with Crippen LogP contribution in [0.1, 0.15) is 12.5 Å². The van der Waals surface area contributed by atoms with Crippen molar-refractivity contribution < 1.29 is 9.53 Å². The van der Waals surface area contributed by atoms with Gasteiger partial charge in [-0.05, 0) is 36.8 Å². The summed E-state index contributed by atoms with van der Waals surface area (Å²) < 4.78 is 5.32. The Morgan fingerprint density at radius 1 is 1.15 bits per heavy atom. The van der Waals surface area contributed by atoms with Crippen molar-refractivity contribution in [2.24, 2.45) is 0 Å². The van der Waals surface area contributed by atoms with Gasteiger partial charge in [-0.15, -0.1) is 12.4 Å². The summed E-state index contributed by atoms with van der Waals surface area (Å²) in [5, 5.41) is 6.13. The lowest BCUT2D eigenvalue weighted by molar-refractivity contribution is -0.126. The van der Waals surface area contributed by atoms with Crippen molar-refractivity contribution in [3.05, 3.63) is 60.2 Å². The number of amides is 1. The number of carbonyl (C=O) groups is 1. The third-order valence-electron chi connectivity index (χ3n) is 4.34. The molecule has 2 aromatic rings. The summed E-state index contributed by atoms with van der Waals surface area (Å²) in [4.78, 5) is 14.4. The zero-order chi connectivity index (χ0) is 17.5. The summed E-state index contributed by atoms with van der Waals surface area (Å²) in [6.45, 7) is 5.38. The van der Waals surface area contributed by atoms with Crippen LogP contribution in [0.2, 0.25) is 0 Å². The summed E-state index contributed by atoms with van der Waals surface area (Å²) in [5.41, 5.74) is 3.40. The number of morpholine rings is 1. The van der Waals surface area contributed by atoms with E-state index >= 15 is 0 Å². The Morgan fingerprint density at radius 3 is 2.46 bits per heavy atom. The topological polar surface area (TPSA) is 53.6 Å². The highest BCUT2D eigenvalue weighted by molar-refractivity contribution is 5.85. The molecule has 0 aliphatic carbocycles. The van der Waals surface area contributed by atoms with Crippen molar-refractivity contribution in [1.29, 1.82) is 0 Å². The molecule has 1 saturated heterocycles. The maximum atomic E-state index is 12.1. The molecule has 0 saturated carbocycles. The average molecular weight is 376 g/mol. The van der Waals surface area contributed by atoms with E-state index < -0.39 is 0 Å². The Morgan fingerprint density at radius 2 is 1.85 bits per heavy atom. The van der Waals surface area contributed by atoms with Crippen molar-refractivity contribution >= 4 is 29.7 Å². The largest absolute Gasteiger partial charge is 0.378 e. The molecule has 1 fully saturated rings. The van der Waals surface area contributed by atoms with Crippen LogP contribution < -0.4 is 15.5 Å². The Hall–Kier alpha value is -2.08. The lowest BCUT2D eigenvalue weighted by Gasteiger charge is -2.24. The highest BCUT2D eigenvalue weighted by atomic mass is 35.5. The van der Waals surface area contributed by atoms with Crippen molar-refractivity contribution in [2.45, 2.75) is 19.5 Å². The number of nitrogens with zero attached hydrogens (tertiary/aromatic N) is 1. The molecule has 2 N–H and O–H groups in total. The first-order valence-corrected chi connectivity index (χ1v) is 8.78. The summed E-state index contributed by atoms with van der Waals surface area (Å²) in [5.74, 6) is -0.0109. The fraction of sp³-hybridized carbons (Fsp3) is 0.350. The van der Waals surface area contributed by atoms with Crippen LogP contribution in [0.15, 0.2) is 54.6 Å². The molecule has 26 heavy (non-hydrogen) atoms. The maximum absolute atomic E-state index is 12.1. The van der Waals surface area contributed by atoms with Gasteiger partial charge in [0, 0.05) is 31.0 Å². The van der Waals surface area contributed by atoms with E-state index in [9.17, 15) is 4.79 Å². The zero-order valence-electron chi connectivity index (χ0n) is 15.0. The Balaban J connectivity index is 0.00000243. The second-order valence-electron chi connectivity index (χ2n) is 6.05. The van der Waals surface area contributed by atoms with Gasteiger partial charge in [0.05, 0.1) is 13.2 Å². The second kappa shape index (κ2) is 10.2. The minimum Gasteiger partial charge on any atom is -0.378 e. The molecule has 1 unspecified atom stereocenters. The lowest BCUT2D eigenvalue weighted by Crippen LogP contribution is -2.51. The maximum Gasteiger partial charge on any atom is 0.239 e. The van der Waals surface area contributed by atoms with E-state index in [0.717, 1.165) is 24.3 Å². The number of nitrogens with one attached hydrogen (secondary N) is 2. The lowest BCUT2D eigenvalue weighted by atomic mass is 10.1. The van der Waals surface area contributed by atoms with E-state index in [-0.39, 0.29) is 24.4 Å². The van der Waals surface area contributed by atoms with Gasteiger partial charge in [0.1, 0.15) is 6.04 Å². The van der Waals surface area contributed by atoms with Crippen LogP contribution in [0.5, 0.6) is 0 Å². The molecule has 6 heteroatoms. The van der Waals surface area contributed by atoms with Gasteiger partial charge in [0.25, 0.3) is 0 Å². The predicted molar refractivity (Wildman–Crippen MR) is 107 cm³/mol. The molecule has 2 aromatic carbocycles. The second-order valence-corrected chi connectivity index (χ2v) is 6.05. The smallest absolute Gasteiger partial charge is 0.239 e. The Kier molecular flexibility index (Phi) is 7.91. The zero-order valence-corrected chi connectivity index (χ0v) is 15.8. The van der Waals surface area contributed by atoms with Crippen molar-refractivity contribution in [3.8, 4) is 0 Å². The number of anilines is 2. The van der Waals surface area contributed by atoms with Crippen molar-refractivity contribution in [2.75, 3.05) is 31.2 Å². The van der Waals surface area contributed by atoms with Crippen LogP contribution in [0.3, 0.4) is 0 Å². The molecular weight excluding hydrogens is 350 g/mol. The van der Waals surface area contributed by atoms with Crippen molar-refractivity contribution in [1.82, 2.24) is 10.6 Å². The summed E-state index contributed by atoms with van der Waals surface area (Å²) in [6, 6.07) is 18.4. The third-order valence-corrected chi connectivity index (χ3v) is 4.34. The standard InChI is InChI=1S/C20H25N3O2.ClH/c1-2-23(17-6-4-3-5-7-17)18-10-8-16(9-11-18)14-22-20(24)19-15-25-13-12-21-19;/h3-11,19,21H,2,12-15H2,1H3,(H,22,24);1H.